The highest BCUT2D eigenvalue weighted by Crippen LogP contribution is 2.38. The molecule has 0 atom stereocenters. The fourth-order valence-electron chi connectivity index (χ4n) is 5.81. The third kappa shape index (κ3) is 4.34. The second-order valence-electron chi connectivity index (χ2n) is 9.75. The molecule has 0 radical (unpaired) electrons. The van der Waals surface area contributed by atoms with E-state index >= 15 is 0 Å². The lowest BCUT2D eigenvalue weighted by Crippen LogP contribution is -2.28. The maximum absolute atomic E-state index is 13.5. The number of para-hydroxylation sites is 1. The van der Waals surface area contributed by atoms with Gasteiger partial charge in [-0.1, -0.05) is 63.5 Å². The van der Waals surface area contributed by atoms with E-state index in [9.17, 15) is 13.2 Å². The van der Waals surface area contributed by atoms with Gasteiger partial charge in [-0.3, -0.25) is 0 Å². The van der Waals surface area contributed by atoms with Crippen LogP contribution >= 0.6 is 0 Å². The molecule has 5 rings (SSSR count). The fourth-order valence-corrected chi connectivity index (χ4v) is 5.81. The Morgan fingerprint density at radius 1 is 0.909 bits per heavy atom. The van der Waals surface area contributed by atoms with Gasteiger partial charge in [0.15, 0.2) is 6.20 Å². The van der Waals surface area contributed by atoms with Gasteiger partial charge in [-0.05, 0) is 36.6 Å². The number of hydrogen-bond acceptors (Lipinski definition) is 0. The van der Waals surface area contributed by atoms with Crippen LogP contribution < -0.4 is 4.57 Å². The molecule has 0 amide bonds. The molecule has 2 aromatic carbocycles. The van der Waals surface area contributed by atoms with E-state index in [2.05, 4.69) is 15.3 Å². The van der Waals surface area contributed by atoms with Crippen LogP contribution in [0.3, 0.4) is 0 Å². The highest BCUT2D eigenvalue weighted by molar-refractivity contribution is 6.19. The van der Waals surface area contributed by atoms with Crippen molar-refractivity contribution in [2.75, 3.05) is 0 Å². The van der Waals surface area contributed by atoms with Crippen LogP contribution in [0.15, 0.2) is 48.7 Å². The standard InChI is InChI=1S/C28H32F3N2/c1-32-19-26-27(22-13-7-8-14-24(22)32)23-18-21(28(29,30)31)15-16-25(23)33(26)17-9-3-6-12-20-10-4-2-5-11-20/h7-8,13-16,18-20H,2-6,9-12,17H2,1H3/q+1. The van der Waals surface area contributed by atoms with Gasteiger partial charge in [-0.2, -0.15) is 17.7 Å². The number of alkyl halides is 3. The molecule has 1 saturated carbocycles. The third-order valence-corrected chi connectivity index (χ3v) is 7.52. The molecule has 0 saturated heterocycles. The molecule has 0 N–H and O–H groups in total. The van der Waals surface area contributed by atoms with Crippen LogP contribution in [0.25, 0.3) is 32.7 Å². The predicted octanol–water partition coefficient (Wildman–Crippen LogP) is 7.93. The summed E-state index contributed by atoms with van der Waals surface area (Å²) in [5.41, 5.74) is 2.34. The summed E-state index contributed by atoms with van der Waals surface area (Å²) in [6, 6.07) is 12.2. The van der Waals surface area contributed by atoms with Gasteiger partial charge in [0.2, 0.25) is 5.52 Å². The van der Waals surface area contributed by atoms with Gasteiger partial charge in [0.25, 0.3) is 0 Å². The monoisotopic (exact) mass is 453 g/mol. The number of aryl methyl sites for hydroxylation is 2. The number of aromatic nitrogens is 2. The second kappa shape index (κ2) is 9.00. The van der Waals surface area contributed by atoms with Crippen LogP contribution in [0.4, 0.5) is 13.2 Å². The minimum atomic E-state index is -4.35. The van der Waals surface area contributed by atoms with E-state index in [0.29, 0.717) is 5.39 Å². The molecule has 2 nitrogen and oxygen atoms in total. The SMILES string of the molecule is C[n+]1cc2c(c3cc(C(F)(F)F)ccc3n2CCCCCC2CCCCC2)c2ccccc21. The number of unbranched alkanes of at least 4 members (excludes halogenated alkanes) is 2. The minimum Gasteiger partial charge on any atom is -0.336 e. The average molecular weight is 454 g/mol. The average Bonchev–Trinajstić information content (AvgIpc) is 3.12. The summed E-state index contributed by atoms with van der Waals surface area (Å²) >= 11 is 0. The van der Waals surface area contributed by atoms with Gasteiger partial charge in [0, 0.05) is 28.9 Å². The van der Waals surface area contributed by atoms with Crippen molar-refractivity contribution in [3.8, 4) is 0 Å². The molecule has 33 heavy (non-hydrogen) atoms. The van der Waals surface area contributed by atoms with E-state index in [4.69, 9.17) is 0 Å². The first-order valence-corrected chi connectivity index (χ1v) is 12.3. The normalized spacial score (nSPS) is 15.8. The zero-order valence-electron chi connectivity index (χ0n) is 19.3. The molecular weight excluding hydrogens is 421 g/mol. The Morgan fingerprint density at radius 3 is 2.48 bits per heavy atom. The number of fused-ring (bicyclic) bond motifs is 5. The minimum absolute atomic E-state index is 0.584. The van der Waals surface area contributed by atoms with Crippen LogP contribution in [0.5, 0.6) is 0 Å². The molecule has 1 aliphatic carbocycles. The molecule has 0 unspecified atom stereocenters. The molecule has 0 aliphatic heterocycles. The van der Waals surface area contributed by atoms with E-state index in [1.807, 2.05) is 31.3 Å². The molecule has 1 aliphatic rings. The van der Waals surface area contributed by atoms with Crippen molar-refractivity contribution < 1.29 is 17.7 Å². The smallest absolute Gasteiger partial charge is 0.336 e. The molecule has 0 bridgehead atoms. The summed E-state index contributed by atoms with van der Waals surface area (Å²) in [4.78, 5) is 0. The van der Waals surface area contributed by atoms with Crippen LogP contribution in [0, 0.1) is 5.92 Å². The summed E-state index contributed by atoms with van der Waals surface area (Å²) in [5, 5.41) is 2.61. The number of nitrogens with zero attached hydrogens (tertiary/aromatic N) is 2. The van der Waals surface area contributed by atoms with Crippen molar-refractivity contribution in [1.29, 1.82) is 0 Å². The van der Waals surface area contributed by atoms with Crippen molar-refractivity contribution in [2.45, 2.75) is 70.5 Å². The first kappa shape index (κ1) is 22.2. The fraction of sp³-hybridized carbons (Fsp3) is 0.464. The van der Waals surface area contributed by atoms with E-state index < -0.39 is 11.7 Å². The zero-order chi connectivity index (χ0) is 23.0. The first-order chi connectivity index (χ1) is 15.9. The largest absolute Gasteiger partial charge is 0.416 e. The summed E-state index contributed by atoms with van der Waals surface area (Å²) in [7, 11) is 2.01. The van der Waals surface area contributed by atoms with Crippen LogP contribution in [0.2, 0.25) is 0 Å². The maximum Gasteiger partial charge on any atom is 0.416 e. The van der Waals surface area contributed by atoms with E-state index in [-0.39, 0.29) is 0 Å². The van der Waals surface area contributed by atoms with Crippen LogP contribution in [-0.2, 0) is 19.8 Å². The van der Waals surface area contributed by atoms with Crippen molar-refractivity contribution in [3.63, 3.8) is 0 Å². The lowest BCUT2D eigenvalue weighted by molar-refractivity contribution is -0.643. The maximum atomic E-state index is 13.5. The lowest BCUT2D eigenvalue weighted by Gasteiger charge is -2.21. The van der Waals surface area contributed by atoms with Gasteiger partial charge in [0.05, 0.1) is 10.9 Å². The number of pyridine rings is 1. The topological polar surface area (TPSA) is 8.81 Å². The Labute approximate surface area is 193 Å². The van der Waals surface area contributed by atoms with Crippen molar-refractivity contribution in [3.05, 3.63) is 54.2 Å². The predicted molar refractivity (Wildman–Crippen MR) is 128 cm³/mol. The molecule has 174 valence electrons. The van der Waals surface area contributed by atoms with Gasteiger partial charge >= 0.3 is 6.18 Å². The van der Waals surface area contributed by atoms with Crippen LogP contribution in [-0.4, -0.2) is 4.57 Å². The zero-order valence-corrected chi connectivity index (χ0v) is 19.3. The Kier molecular flexibility index (Phi) is 6.07. The Hall–Kier alpha value is -2.56. The summed E-state index contributed by atoms with van der Waals surface area (Å²) in [5.74, 6) is 0.901. The summed E-state index contributed by atoms with van der Waals surface area (Å²) in [6.45, 7) is 0.828. The molecule has 0 spiro atoms. The van der Waals surface area contributed by atoms with E-state index in [0.717, 1.165) is 52.6 Å². The van der Waals surface area contributed by atoms with E-state index in [1.54, 1.807) is 6.07 Å². The first-order valence-electron chi connectivity index (χ1n) is 12.3. The number of halogens is 3. The Bertz CT molecular complexity index is 1280. The van der Waals surface area contributed by atoms with Gasteiger partial charge in [0.1, 0.15) is 12.6 Å². The van der Waals surface area contributed by atoms with Gasteiger partial charge in [-0.25, -0.2) is 0 Å². The Balaban J connectivity index is 1.50. The molecule has 2 aromatic heterocycles. The molecule has 4 aromatic rings. The van der Waals surface area contributed by atoms with E-state index in [1.165, 1.54) is 57.1 Å². The second-order valence-corrected chi connectivity index (χ2v) is 9.75. The molecule has 1 fully saturated rings. The number of rotatable bonds is 6. The molecule has 5 heteroatoms. The highest BCUT2D eigenvalue weighted by atomic mass is 19.4. The molecular formula is C28H32F3N2+. The lowest BCUT2D eigenvalue weighted by atomic mass is 9.85. The quantitative estimate of drug-likeness (QED) is 0.207. The third-order valence-electron chi connectivity index (χ3n) is 7.52. The van der Waals surface area contributed by atoms with Gasteiger partial charge in [-0.15, -0.1) is 0 Å². The summed E-state index contributed by atoms with van der Waals surface area (Å²) < 4.78 is 44.9. The number of benzene rings is 2. The summed E-state index contributed by atoms with van der Waals surface area (Å²) in [6.07, 6.45) is 9.44. The van der Waals surface area contributed by atoms with Crippen LogP contribution in [0.1, 0.15) is 63.4 Å². The van der Waals surface area contributed by atoms with Crippen molar-refractivity contribution in [1.82, 2.24) is 4.57 Å². The Morgan fingerprint density at radius 2 is 1.70 bits per heavy atom. The van der Waals surface area contributed by atoms with Crippen molar-refractivity contribution >= 4 is 32.7 Å². The highest BCUT2D eigenvalue weighted by Gasteiger charge is 2.31. The van der Waals surface area contributed by atoms with Crippen molar-refractivity contribution in [2.24, 2.45) is 13.0 Å². The molecule has 2 heterocycles. The van der Waals surface area contributed by atoms with Gasteiger partial charge < -0.3 is 4.57 Å². The number of hydrogen-bond donors (Lipinski definition) is 0.